The third-order valence-corrected chi connectivity index (χ3v) is 7.06. The zero-order chi connectivity index (χ0) is 25.4. The number of hydrogen-bond donors (Lipinski definition) is 0. The molecule has 0 aliphatic carbocycles. The normalized spacial score (nSPS) is 12.7. The van der Waals surface area contributed by atoms with Gasteiger partial charge in [0.2, 0.25) is 0 Å². The molecule has 1 heterocycles. The van der Waals surface area contributed by atoms with Crippen LogP contribution >= 0.6 is 15.9 Å². The van der Waals surface area contributed by atoms with Crippen LogP contribution in [0, 0.1) is 6.92 Å². The van der Waals surface area contributed by atoms with E-state index < -0.39 is 0 Å². The summed E-state index contributed by atoms with van der Waals surface area (Å²) >= 11 is 3.51. The fourth-order valence-corrected chi connectivity index (χ4v) is 5.09. The van der Waals surface area contributed by atoms with Gasteiger partial charge in [-0.2, -0.15) is 0 Å². The number of ether oxygens (including phenoxy) is 1. The van der Waals surface area contributed by atoms with Gasteiger partial charge in [-0.1, -0.05) is 57.9 Å². The quantitative estimate of drug-likeness (QED) is 0.286. The lowest BCUT2D eigenvalue weighted by atomic mass is 9.94. The lowest BCUT2D eigenvalue weighted by Crippen LogP contribution is -2.46. The van der Waals surface area contributed by atoms with E-state index >= 15 is 0 Å². The molecular formula is C29H23BrN2O4. The van der Waals surface area contributed by atoms with Gasteiger partial charge in [0, 0.05) is 39.6 Å². The summed E-state index contributed by atoms with van der Waals surface area (Å²) in [7, 11) is 1.54. The maximum atomic E-state index is 13.7. The Morgan fingerprint density at radius 2 is 1.64 bits per heavy atom. The molecule has 0 bridgehead atoms. The molecule has 3 amide bonds. The number of methoxy groups -OCH3 is 1. The Labute approximate surface area is 217 Å². The van der Waals surface area contributed by atoms with Gasteiger partial charge >= 0.3 is 0 Å². The predicted octanol–water partition coefficient (Wildman–Crippen LogP) is 5.86. The molecule has 5 rings (SSSR count). The zero-order valence-electron chi connectivity index (χ0n) is 19.8. The first kappa shape index (κ1) is 23.8. The summed E-state index contributed by atoms with van der Waals surface area (Å²) in [6, 6.07) is 23.5. The van der Waals surface area contributed by atoms with Crippen LogP contribution in [0.4, 0.5) is 5.69 Å². The summed E-state index contributed by atoms with van der Waals surface area (Å²) in [5.41, 5.74) is 2.97. The van der Waals surface area contributed by atoms with Gasteiger partial charge in [0.15, 0.2) is 0 Å². The zero-order valence-corrected chi connectivity index (χ0v) is 21.4. The average Bonchev–Trinajstić information content (AvgIpc) is 2.90. The third kappa shape index (κ3) is 4.05. The van der Waals surface area contributed by atoms with Crippen molar-refractivity contribution < 1.29 is 19.1 Å². The Bertz CT molecular complexity index is 1510. The summed E-state index contributed by atoms with van der Waals surface area (Å²) in [4.78, 5) is 43.3. The fraction of sp³-hybridized carbons (Fsp3) is 0.138. The van der Waals surface area contributed by atoms with Crippen molar-refractivity contribution in [2.24, 2.45) is 0 Å². The SMILES string of the molecule is COc1ccccc1N(CCN1C(=O)c2cccc3c(Br)ccc(c23)C1=O)C(=O)c1cccc(C)c1. The van der Waals surface area contributed by atoms with Crippen LogP contribution in [0.2, 0.25) is 0 Å². The summed E-state index contributed by atoms with van der Waals surface area (Å²) < 4.78 is 6.34. The fourth-order valence-electron chi connectivity index (χ4n) is 4.63. The first-order chi connectivity index (χ1) is 17.4. The molecule has 0 N–H and O–H groups in total. The van der Waals surface area contributed by atoms with Crippen LogP contribution in [0.15, 0.2) is 83.3 Å². The summed E-state index contributed by atoms with van der Waals surface area (Å²) in [6.07, 6.45) is 0. The number of para-hydroxylation sites is 2. The molecule has 1 aliphatic rings. The molecule has 0 saturated heterocycles. The van der Waals surface area contributed by atoms with Gasteiger partial charge < -0.3 is 9.64 Å². The summed E-state index contributed by atoms with van der Waals surface area (Å²) in [5, 5.41) is 1.46. The van der Waals surface area contributed by atoms with Crippen molar-refractivity contribution in [3.63, 3.8) is 0 Å². The third-order valence-electron chi connectivity index (χ3n) is 6.37. The lowest BCUT2D eigenvalue weighted by Gasteiger charge is -2.31. The standard InChI is InChI=1S/C29H23BrN2O4/c1-18-7-5-8-19(17-18)27(33)31(24-11-3-4-12-25(24)36-2)15-16-32-28(34)21-10-6-9-20-23(30)14-13-22(26(20)21)29(32)35/h3-14,17H,15-16H2,1-2H3. The highest BCUT2D eigenvalue weighted by molar-refractivity contribution is 9.10. The Hall–Kier alpha value is -3.97. The molecule has 4 aromatic rings. The topological polar surface area (TPSA) is 66.9 Å². The molecule has 6 nitrogen and oxygen atoms in total. The van der Waals surface area contributed by atoms with E-state index in [1.807, 2.05) is 49.4 Å². The van der Waals surface area contributed by atoms with E-state index in [0.717, 1.165) is 15.4 Å². The molecular weight excluding hydrogens is 520 g/mol. The highest BCUT2D eigenvalue weighted by Gasteiger charge is 2.34. The largest absolute Gasteiger partial charge is 0.495 e. The number of nitrogens with zero attached hydrogens (tertiary/aromatic N) is 2. The van der Waals surface area contributed by atoms with E-state index in [9.17, 15) is 14.4 Å². The minimum Gasteiger partial charge on any atom is -0.495 e. The summed E-state index contributed by atoms with van der Waals surface area (Å²) in [5.74, 6) is -0.473. The van der Waals surface area contributed by atoms with Gasteiger partial charge in [-0.3, -0.25) is 19.3 Å². The maximum absolute atomic E-state index is 13.7. The first-order valence-electron chi connectivity index (χ1n) is 11.5. The molecule has 1 aliphatic heterocycles. The minimum atomic E-state index is -0.376. The molecule has 0 radical (unpaired) electrons. The molecule has 0 spiro atoms. The van der Waals surface area contributed by atoms with Crippen molar-refractivity contribution in [1.29, 1.82) is 0 Å². The number of aryl methyl sites for hydroxylation is 1. The van der Waals surface area contributed by atoms with Crippen molar-refractivity contribution in [3.8, 4) is 5.75 Å². The number of anilines is 1. The number of carbonyl (C=O) groups is 3. The van der Waals surface area contributed by atoms with E-state index in [-0.39, 0.29) is 30.8 Å². The van der Waals surface area contributed by atoms with Crippen LogP contribution in [0.5, 0.6) is 5.75 Å². The molecule has 0 aromatic heterocycles. The van der Waals surface area contributed by atoms with Gasteiger partial charge in [-0.15, -0.1) is 0 Å². The lowest BCUT2D eigenvalue weighted by molar-refractivity contribution is 0.0611. The second-order valence-corrected chi connectivity index (χ2v) is 9.44. The first-order valence-corrected chi connectivity index (χ1v) is 12.3. The number of rotatable bonds is 6. The molecule has 0 atom stereocenters. The monoisotopic (exact) mass is 542 g/mol. The summed E-state index contributed by atoms with van der Waals surface area (Å²) in [6.45, 7) is 2.05. The van der Waals surface area contributed by atoms with Crippen molar-refractivity contribution >= 4 is 50.1 Å². The molecule has 7 heteroatoms. The van der Waals surface area contributed by atoms with E-state index in [1.165, 1.54) is 4.90 Å². The number of benzene rings is 4. The van der Waals surface area contributed by atoms with Gasteiger partial charge in [0.25, 0.3) is 17.7 Å². The number of halogens is 1. The number of imide groups is 1. The number of hydrogen-bond acceptors (Lipinski definition) is 4. The van der Waals surface area contributed by atoms with Crippen LogP contribution in [0.25, 0.3) is 10.8 Å². The van der Waals surface area contributed by atoms with Crippen molar-refractivity contribution in [1.82, 2.24) is 4.90 Å². The second kappa shape index (κ2) is 9.59. The maximum Gasteiger partial charge on any atom is 0.261 e. The Morgan fingerprint density at radius 1 is 0.917 bits per heavy atom. The molecule has 4 aromatic carbocycles. The van der Waals surface area contributed by atoms with Gasteiger partial charge in [0.05, 0.1) is 12.8 Å². The molecule has 0 saturated carbocycles. The Kier molecular flexibility index (Phi) is 6.33. The molecule has 0 fully saturated rings. The van der Waals surface area contributed by atoms with Crippen LogP contribution in [-0.4, -0.2) is 42.8 Å². The number of carbonyl (C=O) groups excluding carboxylic acids is 3. The van der Waals surface area contributed by atoms with Crippen LogP contribution in [0.1, 0.15) is 36.6 Å². The van der Waals surface area contributed by atoms with E-state index in [1.54, 1.807) is 48.4 Å². The molecule has 36 heavy (non-hydrogen) atoms. The van der Waals surface area contributed by atoms with Crippen molar-refractivity contribution in [3.05, 3.63) is 106 Å². The highest BCUT2D eigenvalue weighted by atomic mass is 79.9. The number of amides is 3. The van der Waals surface area contributed by atoms with E-state index in [2.05, 4.69) is 15.9 Å². The molecule has 0 unspecified atom stereocenters. The predicted molar refractivity (Wildman–Crippen MR) is 143 cm³/mol. The van der Waals surface area contributed by atoms with Gasteiger partial charge in [0.1, 0.15) is 5.75 Å². The average molecular weight is 543 g/mol. The van der Waals surface area contributed by atoms with Crippen LogP contribution in [0.3, 0.4) is 0 Å². The smallest absolute Gasteiger partial charge is 0.261 e. The van der Waals surface area contributed by atoms with Crippen molar-refractivity contribution in [2.75, 3.05) is 25.1 Å². The van der Waals surface area contributed by atoms with Crippen LogP contribution < -0.4 is 9.64 Å². The second-order valence-electron chi connectivity index (χ2n) is 8.58. The Morgan fingerprint density at radius 3 is 2.39 bits per heavy atom. The van der Waals surface area contributed by atoms with E-state index in [4.69, 9.17) is 4.74 Å². The van der Waals surface area contributed by atoms with Gasteiger partial charge in [-0.05, 0) is 54.8 Å². The van der Waals surface area contributed by atoms with Crippen LogP contribution in [-0.2, 0) is 0 Å². The van der Waals surface area contributed by atoms with Gasteiger partial charge in [-0.25, -0.2) is 0 Å². The minimum absolute atomic E-state index is 0.0269. The molecule has 180 valence electrons. The van der Waals surface area contributed by atoms with E-state index in [0.29, 0.717) is 33.5 Å². The highest BCUT2D eigenvalue weighted by Crippen LogP contribution is 2.35. The van der Waals surface area contributed by atoms with Crippen molar-refractivity contribution in [2.45, 2.75) is 6.92 Å². The Balaban J connectivity index is 1.51.